The highest BCUT2D eigenvalue weighted by Crippen LogP contribution is 2.52. The largest absolute Gasteiger partial charge is 0.189 e. The quantitative estimate of drug-likeness (QED) is 0.218. The standard InChI is InChI=1S/C42H34N2/c1-42(2)34-22-11-9-20-32(34)40-35(42)24-25-37-41(40)33-21-10-12-23-36(33)43(37)44-38(29-16-7-4-8-17-29)27-39(44)31-19-13-18-30(26-31)28-14-5-3-6-15-28/h3-16,18-27,29,39H,17H2,1-2H3/p+1. The summed E-state index contributed by atoms with van der Waals surface area (Å²) in [5, 5.41) is 4.13. The molecule has 5 aromatic carbocycles. The molecule has 3 aliphatic rings. The van der Waals surface area contributed by atoms with E-state index in [4.69, 9.17) is 0 Å². The Morgan fingerprint density at radius 3 is 2.36 bits per heavy atom. The van der Waals surface area contributed by atoms with Gasteiger partial charge in [0.2, 0.25) is 0 Å². The normalized spacial score (nSPS) is 21.2. The number of hydrogen-bond acceptors (Lipinski definition) is 0. The lowest BCUT2D eigenvalue weighted by molar-refractivity contribution is -0.949. The van der Waals surface area contributed by atoms with Crippen molar-refractivity contribution in [2.24, 2.45) is 5.92 Å². The molecule has 0 spiro atoms. The number of hydrogen-bond donors (Lipinski definition) is 1. The van der Waals surface area contributed by atoms with Crippen LogP contribution in [0.1, 0.15) is 43.0 Å². The van der Waals surface area contributed by atoms with Crippen molar-refractivity contribution in [2.45, 2.75) is 31.7 Å². The van der Waals surface area contributed by atoms with Crippen molar-refractivity contribution >= 4 is 21.8 Å². The first-order chi connectivity index (χ1) is 21.6. The average Bonchev–Trinajstić information content (AvgIpc) is 3.50. The number of para-hydroxylation sites is 1. The SMILES string of the molecule is CC1(C)c2ccccc2-c2c1ccc1c2c2ccccc2n1[NH+]1C(C2C=CC=CC2)=CC1c1cccc(-c2ccccc2)c1. The third-order valence-electron chi connectivity index (χ3n) is 10.3. The Labute approximate surface area is 258 Å². The van der Waals surface area contributed by atoms with Crippen LogP contribution in [0.25, 0.3) is 44.1 Å². The molecule has 2 heterocycles. The number of rotatable bonds is 4. The summed E-state index contributed by atoms with van der Waals surface area (Å²) in [6, 6.07) is 43.0. The molecule has 212 valence electrons. The van der Waals surface area contributed by atoms with Gasteiger partial charge in [-0.2, -0.15) is 9.69 Å². The van der Waals surface area contributed by atoms with Gasteiger partial charge in [-0.15, -0.1) is 0 Å². The summed E-state index contributed by atoms with van der Waals surface area (Å²) in [6.45, 7) is 4.76. The van der Waals surface area contributed by atoms with E-state index in [9.17, 15) is 0 Å². The van der Waals surface area contributed by atoms with E-state index < -0.39 is 0 Å². The summed E-state index contributed by atoms with van der Waals surface area (Å²) < 4.78 is 2.61. The third kappa shape index (κ3) is 3.58. The zero-order valence-electron chi connectivity index (χ0n) is 25.2. The van der Waals surface area contributed by atoms with Crippen molar-refractivity contribution in [2.75, 3.05) is 0 Å². The average molecular weight is 568 g/mol. The zero-order valence-corrected chi connectivity index (χ0v) is 25.2. The van der Waals surface area contributed by atoms with Gasteiger partial charge in [-0.1, -0.05) is 135 Å². The highest BCUT2D eigenvalue weighted by Gasteiger charge is 2.44. The van der Waals surface area contributed by atoms with E-state index in [1.807, 2.05) is 0 Å². The summed E-state index contributed by atoms with van der Waals surface area (Å²) >= 11 is 0. The van der Waals surface area contributed by atoms with Gasteiger partial charge < -0.3 is 0 Å². The molecule has 0 saturated carbocycles. The van der Waals surface area contributed by atoms with E-state index in [1.165, 1.54) is 71.5 Å². The van der Waals surface area contributed by atoms with Crippen LogP contribution in [-0.4, -0.2) is 4.68 Å². The van der Waals surface area contributed by atoms with Crippen molar-refractivity contribution in [1.82, 2.24) is 4.68 Å². The van der Waals surface area contributed by atoms with E-state index in [0.717, 1.165) is 6.42 Å². The van der Waals surface area contributed by atoms with E-state index in [2.05, 4.69) is 164 Å². The summed E-state index contributed by atoms with van der Waals surface area (Å²) in [5.74, 6) is 0.383. The lowest BCUT2D eigenvalue weighted by atomic mass is 9.82. The van der Waals surface area contributed by atoms with Crippen LogP contribution in [-0.2, 0) is 5.41 Å². The molecular weight excluding hydrogens is 532 g/mol. The minimum atomic E-state index is -0.0301. The van der Waals surface area contributed by atoms with Crippen LogP contribution in [0.3, 0.4) is 0 Å². The lowest BCUT2D eigenvalue weighted by Gasteiger charge is -2.39. The molecule has 44 heavy (non-hydrogen) atoms. The monoisotopic (exact) mass is 567 g/mol. The zero-order chi connectivity index (χ0) is 29.4. The van der Waals surface area contributed by atoms with Crippen molar-refractivity contribution in [3.8, 4) is 22.3 Å². The smallest absolute Gasteiger partial charge is 0.165 e. The molecule has 0 radical (unpaired) electrons. The first-order valence-corrected chi connectivity index (χ1v) is 15.9. The van der Waals surface area contributed by atoms with Crippen LogP contribution in [0.2, 0.25) is 0 Å². The lowest BCUT2D eigenvalue weighted by Crippen LogP contribution is -3.17. The highest BCUT2D eigenvalue weighted by atomic mass is 15.6. The van der Waals surface area contributed by atoms with Gasteiger partial charge >= 0.3 is 0 Å². The van der Waals surface area contributed by atoms with Crippen LogP contribution < -0.4 is 5.01 Å². The number of nitrogens with zero attached hydrogens (tertiary/aromatic N) is 1. The van der Waals surface area contributed by atoms with E-state index >= 15 is 0 Å². The molecule has 0 amide bonds. The van der Waals surface area contributed by atoms with E-state index in [-0.39, 0.29) is 11.5 Å². The number of quaternary nitrogens is 1. The predicted molar refractivity (Wildman–Crippen MR) is 182 cm³/mol. The molecule has 9 rings (SSSR count). The molecule has 0 saturated heterocycles. The van der Waals surface area contributed by atoms with Gasteiger partial charge in [0.15, 0.2) is 6.04 Å². The van der Waals surface area contributed by atoms with Gasteiger partial charge in [-0.3, -0.25) is 0 Å². The fraction of sp³-hybridized carbons (Fsp3) is 0.143. The molecule has 1 N–H and O–H groups in total. The summed E-state index contributed by atoms with van der Waals surface area (Å²) in [7, 11) is 0. The highest BCUT2D eigenvalue weighted by molar-refractivity contribution is 6.16. The number of allylic oxidation sites excluding steroid dienone is 4. The Balaban J connectivity index is 1.29. The van der Waals surface area contributed by atoms with Crippen molar-refractivity contribution in [3.63, 3.8) is 0 Å². The number of aromatic nitrogens is 1. The first kappa shape index (κ1) is 25.6. The van der Waals surface area contributed by atoms with Crippen molar-refractivity contribution in [1.29, 1.82) is 0 Å². The second-order valence-electron chi connectivity index (χ2n) is 13.0. The van der Waals surface area contributed by atoms with Crippen LogP contribution in [0, 0.1) is 5.92 Å². The Kier molecular flexibility index (Phi) is 5.54. The van der Waals surface area contributed by atoms with Crippen LogP contribution in [0.4, 0.5) is 0 Å². The summed E-state index contributed by atoms with van der Waals surface area (Å²) in [5.41, 5.74) is 13.5. The molecule has 3 atom stereocenters. The Hall–Kier alpha value is -4.92. The second-order valence-corrected chi connectivity index (χ2v) is 13.0. The maximum atomic E-state index is 2.61. The molecule has 1 aromatic heterocycles. The van der Waals surface area contributed by atoms with Crippen molar-refractivity contribution < 1.29 is 5.01 Å². The predicted octanol–water partition coefficient (Wildman–Crippen LogP) is 9.19. The number of nitrogens with one attached hydrogen (secondary N) is 1. The first-order valence-electron chi connectivity index (χ1n) is 15.9. The van der Waals surface area contributed by atoms with Gasteiger partial charge in [-0.25, -0.2) is 0 Å². The Morgan fingerprint density at radius 2 is 1.50 bits per heavy atom. The fourth-order valence-corrected chi connectivity index (χ4v) is 8.13. The van der Waals surface area contributed by atoms with Crippen LogP contribution in [0.15, 0.2) is 151 Å². The second kappa shape index (κ2) is 9.54. The Bertz CT molecular complexity index is 2190. The number of benzene rings is 5. The van der Waals surface area contributed by atoms with Gasteiger partial charge in [-0.05, 0) is 58.0 Å². The minimum Gasteiger partial charge on any atom is -0.189 e. The van der Waals surface area contributed by atoms with Gasteiger partial charge in [0.1, 0.15) is 16.7 Å². The molecule has 0 fully saturated rings. The minimum absolute atomic E-state index is 0.0301. The third-order valence-corrected chi connectivity index (χ3v) is 10.3. The molecule has 2 heteroatoms. The van der Waals surface area contributed by atoms with Gasteiger partial charge in [0.05, 0.1) is 5.92 Å². The molecule has 0 bridgehead atoms. The van der Waals surface area contributed by atoms with Gasteiger partial charge in [0, 0.05) is 27.8 Å². The van der Waals surface area contributed by atoms with Gasteiger partial charge in [0.25, 0.3) is 0 Å². The van der Waals surface area contributed by atoms with Crippen LogP contribution in [0.5, 0.6) is 0 Å². The fourth-order valence-electron chi connectivity index (χ4n) is 8.13. The van der Waals surface area contributed by atoms with Crippen molar-refractivity contribution in [3.05, 3.63) is 168 Å². The number of fused-ring (bicyclic) bond motifs is 7. The van der Waals surface area contributed by atoms with Crippen LogP contribution >= 0.6 is 0 Å². The molecular formula is C42H35N2+. The molecule has 2 nitrogen and oxygen atoms in total. The summed E-state index contributed by atoms with van der Waals surface area (Å²) in [6.07, 6.45) is 12.7. The summed E-state index contributed by atoms with van der Waals surface area (Å²) in [4.78, 5) is 0. The molecule has 1 aliphatic heterocycles. The molecule has 2 aliphatic carbocycles. The maximum Gasteiger partial charge on any atom is 0.165 e. The van der Waals surface area contributed by atoms with E-state index in [1.54, 1.807) is 0 Å². The van der Waals surface area contributed by atoms with E-state index in [0.29, 0.717) is 5.92 Å². The molecule has 3 unspecified atom stereocenters. The Morgan fingerprint density at radius 1 is 0.705 bits per heavy atom. The topological polar surface area (TPSA) is 9.37 Å². The molecule has 6 aromatic rings. The maximum absolute atomic E-state index is 2.61.